The lowest BCUT2D eigenvalue weighted by Gasteiger charge is -2.58. The number of aldehydes is 1. The van der Waals surface area contributed by atoms with E-state index in [0.717, 1.165) is 67.1 Å². The molecule has 3 aromatic rings. The van der Waals surface area contributed by atoms with Crippen molar-refractivity contribution in [1.82, 2.24) is 10.2 Å². The minimum atomic E-state index is -1.30. The Labute approximate surface area is 452 Å². The van der Waals surface area contributed by atoms with E-state index in [-0.39, 0.29) is 43.4 Å². The van der Waals surface area contributed by atoms with Crippen LogP contribution in [-0.2, 0) is 29.3 Å². The number of carbonyl (C=O) groups is 5. The number of amides is 2. The first kappa shape index (κ1) is 56.7. The van der Waals surface area contributed by atoms with Crippen LogP contribution in [0.25, 0.3) is 0 Å². The third kappa shape index (κ3) is 12.1. The number of carbonyl (C=O) groups excluding carboxylic acids is 4. The molecule has 3 aromatic carbocycles. The van der Waals surface area contributed by atoms with E-state index < -0.39 is 48.0 Å². The van der Waals surface area contributed by atoms with Crippen molar-refractivity contribution < 1.29 is 48.4 Å². The van der Waals surface area contributed by atoms with Crippen LogP contribution >= 0.6 is 0 Å². The number of unbranched alkanes of at least 4 members (excludes halogenated alkanes) is 2. The van der Waals surface area contributed by atoms with Crippen LogP contribution in [0.3, 0.4) is 0 Å². The van der Waals surface area contributed by atoms with Crippen LogP contribution in [0.5, 0.6) is 5.75 Å². The van der Waals surface area contributed by atoms with Crippen molar-refractivity contribution in [1.29, 1.82) is 0 Å². The lowest BCUT2D eigenvalue weighted by molar-refractivity contribution is -0.155. The molecule has 8 rings (SSSR count). The summed E-state index contributed by atoms with van der Waals surface area (Å²) in [5.74, 6) is 2.45. The van der Waals surface area contributed by atoms with Crippen LogP contribution < -0.4 is 10.1 Å². The number of aliphatic hydroxyl groups is 1. The molecule has 12 atom stereocenters. The molecule has 76 heavy (non-hydrogen) atoms. The predicted molar refractivity (Wildman–Crippen MR) is 294 cm³/mol. The Morgan fingerprint density at radius 1 is 0.789 bits per heavy atom. The number of carboxylic acids is 1. The number of allylic oxidation sites excluding steroid dienone is 1. The van der Waals surface area contributed by atoms with Gasteiger partial charge in [-0.05, 0) is 133 Å². The maximum atomic E-state index is 14.1. The lowest BCUT2D eigenvalue weighted by Crippen LogP contribution is -2.51. The van der Waals surface area contributed by atoms with Gasteiger partial charge < -0.3 is 34.6 Å². The number of nitrogens with one attached hydrogen (secondary N) is 1. The van der Waals surface area contributed by atoms with E-state index in [9.17, 15) is 34.2 Å². The van der Waals surface area contributed by atoms with Crippen molar-refractivity contribution >= 4 is 30.2 Å². The van der Waals surface area contributed by atoms with E-state index in [1.807, 2.05) is 66.7 Å². The molecule has 0 bridgehead atoms. The number of aliphatic carboxylic acids is 1. The number of esters is 1. The second kappa shape index (κ2) is 24.9. The Morgan fingerprint density at radius 2 is 1.50 bits per heavy atom. The van der Waals surface area contributed by atoms with Gasteiger partial charge in [0.2, 0.25) is 5.91 Å². The van der Waals surface area contributed by atoms with Gasteiger partial charge in [0.05, 0.1) is 38.0 Å². The van der Waals surface area contributed by atoms with Crippen molar-refractivity contribution in [2.24, 2.45) is 52.3 Å². The fourth-order valence-corrected chi connectivity index (χ4v) is 15.5. The Balaban J connectivity index is 0.857. The molecule has 1 aliphatic heterocycles. The zero-order valence-corrected chi connectivity index (χ0v) is 46.2. The first-order valence-corrected chi connectivity index (χ1v) is 28.8. The molecule has 12 nitrogen and oxygen atoms in total. The smallest absolute Gasteiger partial charge is 0.407 e. The zero-order valence-electron chi connectivity index (χ0n) is 46.2. The minimum absolute atomic E-state index is 0.0152. The molecule has 412 valence electrons. The first-order chi connectivity index (χ1) is 36.5. The molecular weight excluding hydrogens is 957 g/mol. The summed E-state index contributed by atoms with van der Waals surface area (Å²) < 4.78 is 17.6. The van der Waals surface area contributed by atoms with E-state index in [1.54, 1.807) is 24.1 Å². The highest BCUT2D eigenvalue weighted by atomic mass is 16.6. The van der Waals surface area contributed by atoms with Crippen molar-refractivity contribution in [2.75, 3.05) is 26.7 Å². The Morgan fingerprint density at radius 3 is 2.18 bits per heavy atom. The number of aliphatic hydroxyl groups excluding tert-OH is 1. The van der Waals surface area contributed by atoms with E-state index in [2.05, 4.69) is 46.0 Å². The molecule has 4 fully saturated rings. The van der Waals surface area contributed by atoms with Crippen molar-refractivity contribution in [3.63, 3.8) is 0 Å². The zero-order chi connectivity index (χ0) is 54.2. The van der Waals surface area contributed by atoms with Crippen molar-refractivity contribution in [2.45, 2.75) is 167 Å². The van der Waals surface area contributed by atoms with E-state index in [1.165, 1.54) is 50.5 Å². The van der Waals surface area contributed by atoms with Gasteiger partial charge in [-0.3, -0.25) is 19.2 Å². The molecule has 9 unspecified atom stereocenters. The molecule has 12 heteroatoms. The van der Waals surface area contributed by atoms with Gasteiger partial charge in [-0.25, -0.2) is 4.79 Å². The number of fused-ring (bicyclic) bond motifs is 5. The van der Waals surface area contributed by atoms with E-state index in [0.29, 0.717) is 59.6 Å². The van der Waals surface area contributed by atoms with Crippen LogP contribution in [0, 0.1) is 52.3 Å². The van der Waals surface area contributed by atoms with Gasteiger partial charge in [0, 0.05) is 37.4 Å². The van der Waals surface area contributed by atoms with E-state index in [4.69, 9.17) is 14.2 Å². The maximum absolute atomic E-state index is 14.1. The van der Waals surface area contributed by atoms with Gasteiger partial charge in [-0.2, -0.15) is 0 Å². The summed E-state index contributed by atoms with van der Waals surface area (Å²) in [4.78, 5) is 65.4. The highest BCUT2D eigenvalue weighted by Crippen LogP contribution is 2.67. The average Bonchev–Trinajstić information content (AvgIpc) is 4.16. The summed E-state index contributed by atoms with van der Waals surface area (Å²) >= 11 is 0. The van der Waals surface area contributed by atoms with Crippen molar-refractivity contribution in [3.8, 4) is 5.75 Å². The summed E-state index contributed by atoms with van der Waals surface area (Å²) in [6.07, 6.45) is 15.2. The van der Waals surface area contributed by atoms with Gasteiger partial charge in [0.25, 0.3) is 0 Å². The SMILES string of the molecule is COc1ccc(C(c2ccccc2)(c2ccc(C=O)cc2)C(O)C2CN(C(=O)CCCCCNC(=O)OC3CC[C@@]4(C)C(=CCC5C4CC[C@@]4(C)C5CC[C@@H]4C(C)CCCC(C)C)C3)CC2OC(=O)CCC(=O)O)cc1. The second-order valence-corrected chi connectivity index (χ2v) is 24.3. The molecule has 2 amide bonds. The number of hydrogen-bond donors (Lipinski definition) is 3. The van der Waals surface area contributed by atoms with Gasteiger partial charge in [-0.15, -0.1) is 0 Å². The molecule has 3 N–H and O–H groups in total. The fraction of sp³-hybridized carbons (Fsp3) is 0.609. The van der Waals surface area contributed by atoms with Gasteiger partial charge in [0.1, 0.15) is 24.2 Å². The largest absolute Gasteiger partial charge is 0.497 e. The van der Waals surface area contributed by atoms with Gasteiger partial charge in [0.15, 0.2) is 0 Å². The van der Waals surface area contributed by atoms with Crippen LogP contribution in [0.15, 0.2) is 90.5 Å². The number of nitrogens with zero attached hydrogens (tertiary/aromatic N) is 1. The average molecular weight is 1040 g/mol. The Bertz CT molecular complexity index is 2490. The monoisotopic (exact) mass is 1040 g/mol. The third-order valence-electron chi connectivity index (χ3n) is 19.5. The highest BCUT2D eigenvalue weighted by Gasteiger charge is 2.59. The second-order valence-electron chi connectivity index (χ2n) is 24.3. The number of hydrogen-bond acceptors (Lipinski definition) is 9. The van der Waals surface area contributed by atoms with Gasteiger partial charge in [-0.1, -0.05) is 139 Å². The quantitative estimate of drug-likeness (QED) is 0.0273. The third-order valence-corrected chi connectivity index (χ3v) is 19.5. The van der Waals surface area contributed by atoms with Crippen LogP contribution in [0.1, 0.15) is 171 Å². The Hall–Kier alpha value is -5.49. The van der Waals surface area contributed by atoms with Gasteiger partial charge >= 0.3 is 18.0 Å². The minimum Gasteiger partial charge on any atom is -0.497 e. The summed E-state index contributed by atoms with van der Waals surface area (Å²) in [5, 5.41) is 25.4. The molecule has 5 aliphatic rings. The normalized spacial score (nSPS) is 28.4. The topological polar surface area (TPSA) is 169 Å². The number of alkyl carbamates (subject to hydrolysis) is 1. The number of methoxy groups -OCH3 is 1. The summed E-state index contributed by atoms with van der Waals surface area (Å²) in [6.45, 7) is 12.9. The van der Waals surface area contributed by atoms with Crippen LogP contribution in [0.4, 0.5) is 4.79 Å². The maximum Gasteiger partial charge on any atom is 0.407 e. The molecular formula is C64H86N2O10. The lowest BCUT2D eigenvalue weighted by atomic mass is 9.47. The number of carboxylic acid groups (broad SMARTS) is 1. The standard InChI is InChI=1S/C64H86N2O10/c1-42(2)14-13-15-43(3)53-29-30-54-51-28-25-48-38-50(33-35-62(48,4)55(51)34-36-63(53,54)5)75-61(73)65-37-12-8-11-18-57(68)66-39-52(56(40-66)76-59(71)32-31-58(69)70)60(72)64(45-16-9-7-10-17-45,46-21-19-44(41-67)20-22-46)47-23-26-49(74-6)27-24-47/h7,9-10,16-17,19-27,41-43,50-56,60,72H,8,11-15,18,28-40H2,1-6H3,(H,65,73)(H,69,70)/t43?,50?,51?,52?,53-,54?,55?,56?,60?,62+,63-,64?/m1/s1. The summed E-state index contributed by atoms with van der Waals surface area (Å²) in [6, 6.07) is 23.8. The summed E-state index contributed by atoms with van der Waals surface area (Å²) in [5.41, 5.74) is 3.39. The number of likely N-dealkylation sites (tertiary alicyclic amines) is 1. The molecule has 4 aliphatic carbocycles. The predicted octanol–water partition coefficient (Wildman–Crippen LogP) is 12.1. The van der Waals surface area contributed by atoms with Crippen molar-refractivity contribution in [3.05, 3.63) is 113 Å². The molecule has 0 radical (unpaired) electrons. The number of ether oxygens (including phenoxy) is 3. The number of benzene rings is 3. The highest BCUT2D eigenvalue weighted by molar-refractivity contribution is 5.78. The molecule has 1 saturated heterocycles. The van der Waals surface area contributed by atoms with Crippen LogP contribution in [-0.4, -0.2) is 90.4 Å². The molecule has 1 heterocycles. The molecule has 3 saturated carbocycles. The van der Waals surface area contributed by atoms with E-state index >= 15 is 0 Å². The fourth-order valence-electron chi connectivity index (χ4n) is 15.5. The summed E-state index contributed by atoms with van der Waals surface area (Å²) in [7, 11) is 1.57. The molecule has 0 spiro atoms. The first-order valence-electron chi connectivity index (χ1n) is 28.8. The number of rotatable bonds is 23. The van der Waals surface area contributed by atoms with Crippen LogP contribution in [0.2, 0.25) is 0 Å². The Kier molecular flexibility index (Phi) is 18.6. The molecule has 0 aromatic heterocycles.